The second kappa shape index (κ2) is 8.44. The molecule has 2 aromatic heterocycles. The Morgan fingerprint density at radius 1 is 0.964 bits per heavy atom. The lowest BCUT2D eigenvalue weighted by Crippen LogP contribution is -2.07. The maximum absolute atomic E-state index is 14.2. The standard InChI is InChI=1S/C23H22FN3.ClH/c1-16-17(2)27(15-19-10-6-7-11-21(19)24)22-20(16)12-13-25-23(22)26-14-18-8-4-3-5-9-18;/h3-13H,14-15H2,1-2H3,(H,25,26);1H. The Labute approximate surface area is 170 Å². The van der Waals surface area contributed by atoms with Crippen LogP contribution in [0.1, 0.15) is 22.4 Å². The van der Waals surface area contributed by atoms with E-state index in [2.05, 4.69) is 40.8 Å². The number of hydrogen-bond acceptors (Lipinski definition) is 2. The molecule has 0 unspecified atom stereocenters. The Bertz CT molecular complexity index is 1090. The van der Waals surface area contributed by atoms with Gasteiger partial charge in [0.1, 0.15) is 5.82 Å². The van der Waals surface area contributed by atoms with Gasteiger partial charge in [0, 0.05) is 29.4 Å². The highest BCUT2D eigenvalue weighted by molar-refractivity contribution is 5.93. The van der Waals surface area contributed by atoms with Gasteiger partial charge in [-0.3, -0.25) is 0 Å². The number of halogens is 2. The summed E-state index contributed by atoms with van der Waals surface area (Å²) in [5.74, 6) is 0.642. The van der Waals surface area contributed by atoms with Crippen molar-refractivity contribution in [2.24, 2.45) is 0 Å². The zero-order valence-electron chi connectivity index (χ0n) is 15.9. The van der Waals surface area contributed by atoms with Gasteiger partial charge in [0.15, 0.2) is 5.82 Å². The van der Waals surface area contributed by atoms with Gasteiger partial charge in [0.05, 0.1) is 12.1 Å². The fourth-order valence-electron chi connectivity index (χ4n) is 3.50. The Balaban J connectivity index is 0.00000225. The lowest BCUT2D eigenvalue weighted by Gasteiger charge is -2.13. The Morgan fingerprint density at radius 3 is 2.43 bits per heavy atom. The highest BCUT2D eigenvalue weighted by atomic mass is 35.5. The molecule has 0 atom stereocenters. The molecule has 0 saturated carbocycles. The van der Waals surface area contributed by atoms with E-state index < -0.39 is 0 Å². The molecular formula is C23H23ClFN3. The Hall–Kier alpha value is -2.85. The van der Waals surface area contributed by atoms with Gasteiger partial charge in [0.25, 0.3) is 0 Å². The first kappa shape index (κ1) is 19.9. The van der Waals surface area contributed by atoms with Gasteiger partial charge in [-0.1, -0.05) is 48.5 Å². The van der Waals surface area contributed by atoms with Crippen LogP contribution in [-0.2, 0) is 13.1 Å². The van der Waals surface area contributed by atoms with Crippen LogP contribution < -0.4 is 5.32 Å². The third kappa shape index (κ3) is 3.73. The third-order valence-electron chi connectivity index (χ3n) is 5.13. The van der Waals surface area contributed by atoms with Crippen LogP contribution in [0.5, 0.6) is 0 Å². The molecule has 5 heteroatoms. The van der Waals surface area contributed by atoms with Crippen molar-refractivity contribution in [1.29, 1.82) is 0 Å². The minimum absolute atomic E-state index is 0. The predicted molar refractivity (Wildman–Crippen MR) is 116 cm³/mol. The van der Waals surface area contributed by atoms with Gasteiger partial charge < -0.3 is 9.88 Å². The van der Waals surface area contributed by atoms with Crippen LogP contribution in [0, 0.1) is 19.7 Å². The fraction of sp³-hybridized carbons (Fsp3) is 0.174. The summed E-state index contributed by atoms with van der Waals surface area (Å²) in [5, 5.41) is 4.61. The van der Waals surface area contributed by atoms with E-state index in [0.717, 1.165) is 22.4 Å². The molecule has 0 aliphatic rings. The van der Waals surface area contributed by atoms with Crippen molar-refractivity contribution < 1.29 is 4.39 Å². The number of nitrogens with one attached hydrogen (secondary N) is 1. The molecule has 0 spiro atoms. The van der Waals surface area contributed by atoms with Gasteiger partial charge >= 0.3 is 0 Å². The molecule has 2 heterocycles. The normalized spacial score (nSPS) is 10.7. The largest absolute Gasteiger partial charge is 0.364 e. The molecule has 0 amide bonds. The van der Waals surface area contributed by atoms with Gasteiger partial charge in [-0.05, 0) is 37.1 Å². The number of anilines is 1. The van der Waals surface area contributed by atoms with Crippen LogP contribution in [0.3, 0.4) is 0 Å². The minimum Gasteiger partial charge on any atom is -0.364 e. The summed E-state index contributed by atoms with van der Waals surface area (Å²) >= 11 is 0. The van der Waals surface area contributed by atoms with E-state index >= 15 is 0 Å². The molecular weight excluding hydrogens is 373 g/mol. The van der Waals surface area contributed by atoms with E-state index in [1.165, 1.54) is 17.2 Å². The monoisotopic (exact) mass is 395 g/mol. The van der Waals surface area contributed by atoms with Gasteiger partial charge in [-0.15, -0.1) is 12.4 Å². The van der Waals surface area contributed by atoms with E-state index in [1.54, 1.807) is 6.07 Å². The second-order valence-corrected chi connectivity index (χ2v) is 6.78. The number of hydrogen-bond donors (Lipinski definition) is 1. The number of nitrogens with zero attached hydrogens (tertiary/aromatic N) is 2. The average Bonchev–Trinajstić information content (AvgIpc) is 2.94. The molecule has 1 N–H and O–H groups in total. The fourth-order valence-corrected chi connectivity index (χ4v) is 3.50. The first-order chi connectivity index (χ1) is 13.1. The average molecular weight is 396 g/mol. The first-order valence-electron chi connectivity index (χ1n) is 9.10. The summed E-state index contributed by atoms with van der Waals surface area (Å²) in [6, 6.07) is 19.2. The van der Waals surface area contributed by atoms with Crippen LogP contribution in [0.2, 0.25) is 0 Å². The summed E-state index contributed by atoms with van der Waals surface area (Å²) in [6.07, 6.45) is 1.83. The summed E-state index contributed by atoms with van der Waals surface area (Å²) < 4.78 is 16.4. The molecule has 4 rings (SSSR count). The van der Waals surface area contributed by atoms with Crippen LogP contribution in [-0.4, -0.2) is 9.55 Å². The minimum atomic E-state index is -0.181. The Kier molecular flexibility index (Phi) is 6.00. The van der Waals surface area contributed by atoms with Gasteiger partial charge in [-0.2, -0.15) is 0 Å². The molecule has 3 nitrogen and oxygen atoms in total. The number of benzene rings is 2. The molecule has 4 aromatic rings. The molecule has 2 aromatic carbocycles. The number of pyridine rings is 1. The zero-order valence-corrected chi connectivity index (χ0v) is 16.8. The lowest BCUT2D eigenvalue weighted by atomic mass is 10.2. The quantitative estimate of drug-likeness (QED) is 0.457. The first-order valence-corrected chi connectivity index (χ1v) is 9.10. The smallest absolute Gasteiger partial charge is 0.150 e. The van der Waals surface area contributed by atoms with E-state index in [4.69, 9.17) is 0 Å². The van der Waals surface area contributed by atoms with Crippen LogP contribution in [0.25, 0.3) is 10.9 Å². The molecule has 0 fully saturated rings. The predicted octanol–water partition coefficient (Wildman–Crippen LogP) is 5.87. The molecule has 28 heavy (non-hydrogen) atoms. The Morgan fingerprint density at radius 2 is 1.68 bits per heavy atom. The van der Waals surface area contributed by atoms with Gasteiger partial charge in [0.2, 0.25) is 0 Å². The summed E-state index contributed by atoms with van der Waals surface area (Å²) in [5.41, 5.74) is 5.22. The number of rotatable bonds is 5. The molecule has 0 radical (unpaired) electrons. The molecule has 0 aliphatic carbocycles. The maximum Gasteiger partial charge on any atom is 0.150 e. The van der Waals surface area contributed by atoms with Crippen molar-refractivity contribution in [2.75, 3.05) is 5.32 Å². The molecule has 0 saturated heterocycles. The maximum atomic E-state index is 14.2. The number of fused-ring (bicyclic) bond motifs is 1. The van der Waals surface area contributed by atoms with Crippen molar-refractivity contribution in [3.8, 4) is 0 Å². The SMILES string of the molecule is Cc1c(C)n(Cc2ccccc2F)c2c(NCc3ccccc3)nccc12.Cl. The highest BCUT2D eigenvalue weighted by Gasteiger charge is 2.16. The van der Waals surface area contributed by atoms with E-state index in [0.29, 0.717) is 18.7 Å². The van der Waals surface area contributed by atoms with Crippen LogP contribution >= 0.6 is 12.4 Å². The lowest BCUT2D eigenvalue weighted by molar-refractivity contribution is 0.600. The van der Waals surface area contributed by atoms with E-state index in [1.807, 2.05) is 42.6 Å². The number of aromatic nitrogens is 2. The second-order valence-electron chi connectivity index (χ2n) is 6.78. The number of aryl methyl sites for hydroxylation is 1. The topological polar surface area (TPSA) is 29.9 Å². The van der Waals surface area contributed by atoms with Crippen molar-refractivity contribution in [3.63, 3.8) is 0 Å². The van der Waals surface area contributed by atoms with E-state index in [-0.39, 0.29) is 18.2 Å². The van der Waals surface area contributed by atoms with Crippen LogP contribution in [0.15, 0.2) is 66.9 Å². The summed E-state index contributed by atoms with van der Waals surface area (Å²) in [7, 11) is 0. The molecule has 144 valence electrons. The van der Waals surface area contributed by atoms with Crippen molar-refractivity contribution in [2.45, 2.75) is 26.9 Å². The zero-order chi connectivity index (χ0) is 18.8. The highest BCUT2D eigenvalue weighted by Crippen LogP contribution is 2.30. The van der Waals surface area contributed by atoms with Crippen LogP contribution in [0.4, 0.5) is 10.2 Å². The van der Waals surface area contributed by atoms with Crippen molar-refractivity contribution >= 4 is 29.1 Å². The van der Waals surface area contributed by atoms with Crippen molar-refractivity contribution in [3.05, 3.63) is 95.1 Å². The summed E-state index contributed by atoms with van der Waals surface area (Å²) in [4.78, 5) is 4.58. The van der Waals surface area contributed by atoms with Gasteiger partial charge in [-0.25, -0.2) is 9.37 Å². The molecule has 0 bridgehead atoms. The summed E-state index contributed by atoms with van der Waals surface area (Å²) in [6.45, 7) is 5.36. The van der Waals surface area contributed by atoms with E-state index in [9.17, 15) is 4.39 Å². The third-order valence-corrected chi connectivity index (χ3v) is 5.13. The molecule has 0 aliphatic heterocycles. The van der Waals surface area contributed by atoms with Crippen molar-refractivity contribution in [1.82, 2.24) is 9.55 Å².